The lowest BCUT2D eigenvalue weighted by atomic mass is 9.70. The van der Waals surface area contributed by atoms with Crippen LogP contribution < -0.4 is 10.9 Å². The molecule has 1 aromatic rings. The predicted octanol–water partition coefficient (Wildman–Crippen LogP) is 3.54. The number of fused-ring (bicyclic) bond motifs is 1. The third kappa shape index (κ3) is 4.80. The maximum absolute atomic E-state index is 13.8. The van der Waals surface area contributed by atoms with Gasteiger partial charge in [0.1, 0.15) is 0 Å². The average molecular weight is 436 g/mol. The maximum atomic E-state index is 13.8. The standard InChI is InChI=1S/C23H31F2N3O3/c1-6-7-18-19-20(27-26-18)15(22(30)31-13(2)3)11-28(12-23(19,4)5)21(29)14-8-9-16(24)17(25)10-14/h8-11,13,18-20,26-27H,6-7,12H2,1-5H3. The second-order valence-electron chi connectivity index (χ2n) is 9.28. The highest BCUT2D eigenvalue weighted by molar-refractivity contribution is 5.97. The van der Waals surface area contributed by atoms with Gasteiger partial charge in [-0.25, -0.2) is 19.0 Å². The van der Waals surface area contributed by atoms with Crippen molar-refractivity contribution in [3.63, 3.8) is 0 Å². The van der Waals surface area contributed by atoms with Crippen LogP contribution in [0.4, 0.5) is 8.78 Å². The summed E-state index contributed by atoms with van der Waals surface area (Å²) in [5.41, 5.74) is 6.53. The second kappa shape index (κ2) is 9.04. The van der Waals surface area contributed by atoms with Crippen LogP contribution in [0.2, 0.25) is 0 Å². The topological polar surface area (TPSA) is 70.7 Å². The van der Waals surface area contributed by atoms with Crippen LogP contribution in [0.5, 0.6) is 0 Å². The first-order valence-corrected chi connectivity index (χ1v) is 10.7. The number of carbonyl (C=O) groups is 2. The number of nitrogens with one attached hydrogen (secondary N) is 2. The number of rotatable bonds is 5. The molecule has 2 N–H and O–H groups in total. The highest BCUT2D eigenvalue weighted by atomic mass is 19.2. The van der Waals surface area contributed by atoms with E-state index in [2.05, 4.69) is 31.6 Å². The van der Waals surface area contributed by atoms with Crippen molar-refractivity contribution in [2.24, 2.45) is 11.3 Å². The Bertz CT molecular complexity index is 885. The first-order chi connectivity index (χ1) is 14.5. The highest BCUT2D eigenvalue weighted by Gasteiger charge is 2.50. The molecule has 0 aliphatic carbocycles. The van der Waals surface area contributed by atoms with Gasteiger partial charge < -0.3 is 9.64 Å². The molecule has 0 aromatic heterocycles. The van der Waals surface area contributed by atoms with Crippen molar-refractivity contribution >= 4 is 11.9 Å². The van der Waals surface area contributed by atoms with Crippen LogP contribution >= 0.6 is 0 Å². The monoisotopic (exact) mass is 435 g/mol. The fourth-order valence-corrected chi connectivity index (χ4v) is 4.66. The summed E-state index contributed by atoms with van der Waals surface area (Å²) in [7, 11) is 0. The van der Waals surface area contributed by atoms with Crippen molar-refractivity contribution in [1.29, 1.82) is 0 Å². The van der Waals surface area contributed by atoms with Gasteiger partial charge in [0.05, 0.1) is 17.7 Å². The maximum Gasteiger partial charge on any atom is 0.337 e. The van der Waals surface area contributed by atoms with Crippen LogP contribution in [0.25, 0.3) is 0 Å². The highest BCUT2D eigenvalue weighted by Crippen LogP contribution is 2.42. The van der Waals surface area contributed by atoms with E-state index in [1.165, 1.54) is 17.2 Å². The van der Waals surface area contributed by atoms with E-state index in [0.29, 0.717) is 12.1 Å². The van der Waals surface area contributed by atoms with E-state index in [1.54, 1.807) is 13.8 Å². The molecule has 6 nitrogen and oxygen atoms in total. The van der Waals surface area contributed by atoms with Crippen molar-refractivity contribution in [2.75, 3.05) is 6.54 Å². The molecule has 0 spiro atoms. The van der Waals surface area contributed by atoms with Gasteiger partial charge in [-0.3, -0.25) is 10.2 Å². The lowest BCUT2D eigenvalue weighted by Gasteiger charge is -2.38. The van der Waals surface area contributed by atoms with Crippen LogP contribution in [0.1, 0.15) is 57.8 Å². The van der Waals surface area contributed by atoms with Gasteiger partial charge in [-0.15, -0.1) is 0 Å². The van der Waals surface area contributed by atoms with E-state index in [-0.39, 0.29) is 35.1 Å². The van der Waals surface area contributed by atoms with Crippen molar-refractivity contribution < 1.29 is 23.1 Å². The molecular formula is C23H31F2N3O3. The van der Waals surface area contributed by atoms with Gasteiger partial charge >= 0.3 is 5.97 Å². The number of benzene rings is 1. The molecule has 1 amide bonds. The number of carbonyl (C=O) groups excluding carboxylic acids is 2. The van der Waals surface area contributed by atoms with E-state index in [4.69, 9.17) is 4.74 Å². The zero-order valence-corrected chi connectivity index (χ0v) is 18.7. The van der Waals surface area contributed by atoms with Crippen LogP contribution in [0, 0.1) is 23.0 Å². The summed E-state index contributed by atoms with van der Waals surface area (Å²) in [5, 5.41) is 0. The summed E-state index contributed by atoms with van der Waals surface area (Å²) in [6.07, 6.45) is 3.05. The first kappa shape index (κ1) is 23.3. The fourth-order valence-electron chi connectivity index (χ4n) is 4.66. The molecule has 3 rings (SSSR count). The molecule has 1 aromatic carbocycles. The summed E-state index contributed by atoms with van der Waals surface area (Å²) in [6, 6.07) is 2.83. The van der Waals surface area contributed by atoms with E-state index < -0.39 is 23.5 Å². The summed E-state index contributed by atoms with van der Waals surface area (Å²) in [4.78, 5) is 27.6. The Hall–Kier alpha value is -2.32. The van der Waals surface area contributed by atoms with Crippen molar-refractivity contribution in [2.45, 2.75) is 65.6 Å². The molecule has 2 heterocycles. The smallest absolute Gasteiger partial charge is 0.337 e. The van der Waals surface area contributed by atoms with Crippen LogP contribution in [0.3, 0.4) is 0 Å². The van der Waals surface area contributed by atoms with Gasteiger partial charge in [-0.05, 0) is 43.9 Å². The summed E-state index contributed by atoms with van der Waals surface area (Å²) < 4.78 is 32.6. The molecule has 1 fully saturated rings. The van der Waals surface area contributed by atoms with Gasteiger partial charge in [0.25, 0.3) is 5.91 Å². The van der Waals surface area contributed by atoms with Gasteiger partial charge in [-0.2, -0.15) is 0 Å². The van der Waals surface area contributed by atoms with E-state index >= 15 is 0 Å². The molecule has 0 radical (unpaired) electrons. The zero-order chi connectivity index (χ0) is 22.9. The Morgan fingerprint density at radius 3 is 2.55 bits per heavy atom. The second-order valence-corrected chi connectivity index (χ2v) is 9.28. The minimum Gasteiger partial charge on any atom is -0.460 e. The number of hydrazine groups is 1. The number of esters is 1. The quantitative estimate of drug-likeness (QED) is 0.693. The molecule has 3 atom stereocenters. The molecule has 1 saturated heterocycles. The van der Waals surface area contributed by atoms with Crippen molar-refractivity contribution in [1.82, 2.24) is 15.8 Å². The Labute approximate surface area is 182 Å². The number of hydrogen-bond donors (Lipinski definition) is 2. The van der Waals surface area contributed by atoms with Gasteiger partial charge in [0.15, 0.2) is 11.6 Å². The van der Waals surface area contributed by atoms with Gasteiger partial charge in [-0.1, -0.05) is 27.2 Å². The normalized spacial score (nSPS) is 25.1. The molecule has 31 heavy (non-hydrogen) atoms. The Morgan fingerprint density at radius 2 is 1.94 bits per heavy atom. The van der Waals surface area contributed by atoms with Gasteiger partial charge in [0, 0.05) is 30.3 Å². The molecule has 3 unspecified atom stereocenters. The lowest BCUT2D eigenvalue weighted by molar-refractivity contribution is -0.143. The number of nitrogens with zero attached hydrogens (tertiary/aromatic N) is 1. The lowest BCUT2D eigenvalue weighted by Crippen LogP contribution is -2.45. The Morgan fingerprint density at radius 1 is 1.23 bits per heavy atom. The van der Waals surface area contributed by atoms with Crippen LogP contribution in [0.15, 0.2) is 30.0 Å². The predicted molar refractivity (Wildman–Crippen MR) is 113 cm³/mol. The molecule has 2 aliphatic rings. The number of hydrogen-bond acceptors (Lipinski definition) is 5. The zero-order valence-electron chi connectivity index (χ0n) is 18.7. The Kier molecular flexibility index (Phi) is 6.81. The largest absolute Gasteiger partial charge is 0.460 e. The van der Waals surface area contributed by atoms with E-state index in [0.717, 1.165) is 25.0 Å². The molecule has 170 valence electrons. The number of halogens is 2. The summed E-state index contributed by atoms with van der Waals surface area (Å²) in [6.45, 7) is 10.0. The third-order valence-corrected chi connectivity index (χ3v) is 5.93. The Balaban J connectivity index is 2.04. The number of ether oxygens (including phenoxy) is 1. The van der Waals surface area contributed by atoms with Crippen LogP contribution in [-0.2, 0) is 9.53 Å². The number of amides is 1. The van der Waals surface area contributed by atoms with Crippen molar-refractivity contribution in [3.8, 4) is 0 Å². The third-order valence-electron chi connectivity index (χ3n) is 5.93. The summed E-state index contributed by atoms with van der Waals surface area (Å²) in [5.74, 6) is -3.09. The van der Waals surface area contributed by atoms with Gasteiger partial charge in [0.2, 0.25) is 0 Å². The first-order valence-electron chi connectivity index (χ1n) is 10.7. The minimum absolute atomic E-state index is 0.0150. The SMILES string of the molecule is CCCC1NNC2C(C(=O)OC(C)C)=CN(C(=O)c3ccc(F)c(F)c3)CC(C)(C)C12. The molecular weight excluding hydrogens is 404 g/mol. The average Bonchev–Trinajstić information content (AvgIpc) is 3.05. The molecule has 0 bridgehead atoms. The molecule has 0 saturated carbocycles. The minimum atomic E-state index is -1.09. The summed E-state index contributed by atoms with van der Waals surface area (Å²) >= 11 is 0. The van der Waals surface area contributed by atoms with E-state index in [1.807, 2.05) is 0 Å². The van der Waals surface area contributed by atoms with E-state index in [9.17, 15) is 18.4 Å². The fraction of sp³-hybridized carbons (Fsp3) is 0.565. The van der Waals surface area contributed by atoms with Crippen LogP contribution in [-0.4, -0.2) is 41.5 Å². The van der Waals surface area contributed by atoms with Crippen molar-refractivity contribution in [3.05, 3.63) is 47.2 Å². The molecule has 2 aliphatic heterocycles. The molecule has 8 heteroatoms.